The lowest BCUT2D eigenvalue weighted by molar-refractivity contribution is 0.454. The van der Waals surface area contributed by atoms with E-state index in [0.717, 1.165) is 65.8 Å². The molecule has 0 radical (unpaired) electrons. The molecule has 0 fully saturated rings. The van der Waals surface area contributed by atoms with Gasteiger partial charge >= 0.3 is 0 Å². The molecule has 0 aliphatic carbocycles. The van der Waals surface area contributed by atoms with Gasteiger partial charge in [0.25, 0.3) is 0 Å². The average molecular weight is 568 g/mol. The van der Waals surface area contributed by atoms with Crippen molar-refractivity contribution in [1.82, 2.24) is 9.55 Å². The molecule has 41 heavy (non-hydrogen) atoms. The molecule has 4 nitrogen and oxygen atoms in total. The number of halogens is 1. The van der Waals surface area contributed by atoms with Crippen molar-refractivity contribution in [2.24, 2.45) is 0 Å². The van der Waals surface area contributed by atoms with Gasteiger partial charge in [-0.1, -0.05) is 59.8 Å². The molecule has 1 aliphatic rings. The van der Waals surface area contributed by atoms with Crippen molar-refractivity contribution in [1.29, 1.82) is 0 Å². The molecule has 0 spiro atoms. The Kier molecular flexibility index (Phi) is 5.73. The first-order chi connectivity index (χ1) is 20.2. The van der Waals surface area contributed by atoms with Crippen LogP contribution in [-0.4, -0.2) is 9.55 Å². The molecule has 1 aliphatic heterocycles. The fraction of sp³-hybridized carbons (Fsp3) is 0. The first kappa shape index (κ1) is 24.1. The first-order valence-corrected chi connectivity index (χ1v) is 14.5. The number of hydrogen-bond acceptors (Lipinski definition) is 4. The van der Waals surface area contributed by atoms with Crippen LogP contribution in [0.3, 0.4) is 0 Å². The molecular weight excluding hydrogens is 546 g/mol. The predicted octanol–water partition coefficient (Wildman–Crippen LogP) is 10.6. The Labute approximate surface area is 246 Å². The molecular formula is C35H22ClN3OS. The van der Waals surface area contributed by atoms with Crippen molar-refractivity contribution in [3.63, 3.8) is 0 Å². The molecule has 8 rings (SSSR count). The number of benzene rings is 5. The monoisotopic (exact) mass is 567 g/mol. The Bertz CT molecular complexity index is 2080. The standard InChI is InChI=1S/C35H22ClN3OS/c36-23-11-16-34-33(19-23)40-32-15-13-27(21-35(32)41-34)38(24-7-3-1-4-8-24)26-12-14-30-28(20-26)29-22-37-18-17-31(29)39(30)25-9-5-2-6-10-25/h1-22H. The molecule has 196 valence electrons. The molecule has 0 saturated carbocycles. The largest absolute Gasteiger partial charge is 0.455 e. The van der Waals surface area contributed by atoms with E-state index < -0.39 is 0 Å². The van der Waals surface area contributed by atoms with Gasteiger partial charge in [0.1, 0.15) is 11.5 Å². The highest BCUT2D eigenvalue weighted by molar-refractivity contribution is 7.99. The molecule has 0 bridgehead atoms. The van der Waals surface area contributed by atoms with Crippen molar-refractivity contribution in [2.75, 3.05) is 4.90 Å². The quantitative estimate of drug-likeness (QED) is 0.211. The number of para-hydroxylation sites is 2. The zero-order valence-corrected chi connectivity index (χ0v) is 23.3. The van der Waals surface area contributed by atoms with Gasteiger partial charge in [0.15, 0.2) is 0 Å². The van der Waals surface area contributed by atoms with E-state index in [4.69, 9.17) is 16.3 Å². The lowest BCUT2D eigenvalue weighted by Crippen LogP contribution is -2.10. The predicted molar refractivity (Wildman–Crippen MR) is 169 cm³/mol. The Morgan fingerprint density at radius 1 is 0.634 bits per heavy atom. The van der Waals surface area contributed by atoms with E-state index in [9.17, 15) is 0 Å². The maximum absolute atomic E-state index is 6.22. The molecule has 0 atom stereocenters. The minimum Gasteiger partial charge on any atom is -0.455 e. The number of anilines is 3. The summed E-state index contributed by atoms with van der Waals surface area (Å²) in [4.78, 5) is 8.88. The van der Waals surface area contributed by atoms with Crippen molar-refractivity contribution in [3.8, 4) is 17.2 Å². The Hall–Kier alpha value is -4.71. The Morgan fingerprint density at radius 3 is 2.24 bits per heavy atom. The van der Waals surface area contributed by atoms with Gasteiger partial charge in [-0.15, -0.1) is 0 Å². The number of hydrogen-bond donors (Lipinski definition) is 0. The first-order valence-electron chi connectivity index (χ1n) is 13.3. The highest BCUT2D eigenvalue weighted by Gasteiger charge is 2.22. The van der Waals surface area contributed by atoms with Crippen molar-refractivity contribution in [3.05, 3.63) is 139 Å². The van der Waals surface area contributed by atoms with E-state index in [0.29, 0.717) is 5.02 Å². The lowest BCUT2D eigenvalue weighted by Gasteiger charge is -2.27. The second-order valence-electron chi connectivity index (χ2n) is 9.86. The molecule has 0 unspecified atom stereocenters. The topological polar surface area (TPSA) is 30.3 Å². The summed E-state index contributed by atoms with van der Waals surface area (Å²) in [7, 11) is 0. The van der Waals surface area contributed by atoms with E-state index in [-0.39, 0.29) is 0 Å². The van der Waals surface area contributed by atoms with Crippen molar-refractivity contribution in [2.45, 2.75) is 9.79 Å². The Balaban J connectivity index is 1.30. The summed E-state index contributed by atoms with van der Waals surface area (Å²) in [5.41, 5.74) is 6.58. The fourth-order valence-electron chi connectivity index (χ4n) is 5.56. The van der Waals surface area contributed by atoms with Crippen LogP contribution in [0.1, 0.15) is 0 Å². The van der Waals surface area contributed by atoms with Crippen LogP contribution in [0.25, 0.3) is 27.5 Å². The van der Waals surface area contributed by atoms with Crippen LogP contribution in [0.4, 0.5) is 17.1 Å². The minimum atomic E-state index is 0.666. The highest BCUT2D eigenvalue weighted by Crippen LogP contribution is 2.50. The average Bonchev–Trinajstić information content (AvgIpc) is 3.35. The van der Waals surface area contributed by atoms with Crippen LogP contribution in [0, 0.1) is 0 Å². The van der Waals surface area contributed by atoms with Crippen molar-refractivity contribution < 1.29 is 4.74 Å². The van der Waals surface area contributed by atoms with Crippen LogP contribution in [-0.2, 0) is 0 Å². The SMILES string of the molecule is Clc1ccc2c(c1)Oc1ccc(N(c3ccccc3)c3ccc4c(c3)c3cnccc3n4-c3ccccc3)cc1S2. The number of aromatic nitrogens is 2. The third-order valence-corrected chi connectivity index (χ3v) is 8.70. The summed E-state index contributed by atoms with van der Waals surface area (Å²) in [6.07, 6.45) is 3.82. The summed E-state index contributed by atoms with van der Waals surface area (Å²) in [6.45, 7) is 0. The van der Waals surface area contributed by atoms with Gasteiger partial charge in [-0.2, -0.15) is 0 Å². The molecule has 0 amide bonds. The Morgan fingerprint density at radius 2 is 1.39 bits per heavy atom. The summed E-state index contributed by atoms with van der Waals surface area (Å²) in [5.74, 6) is 1.62. The van der Waals surface area contributed by atoms with Gasteiger partial charge in [-0.3, -0.25) is 4.98 Å². The third-order valence-electron chi connectivity index (χ3n) is 7.37. The summed E-state index contributed by atoms with van der Waals surface area (Å²) in [6, 6.07) is 41.8. The number of pyridine rings is 1. The van der Waals surface area contributed by atoms with Gasteiger partial charge in [0.05, 0.1) is 20.8 Å². The molecule has 6 heteroatoms. The maximum Gasteiger partial charge on any atom is 0.142 e. The molecule has 0 saturated heterocycles. The van der Waals surface area contributed by atoms with Crippen LogP contribution in [0.15, 0.2) is 144 Å². The summed E-state index contributed by atoms with van der Waals surface area (Å²) < 4.78 is 8.53. The van der Waals surface area contributed by atoms with Crippen LogP contribution >= 0.6 is 23.4 Å². The molecule has 5 aromatic carbocycles. The number of nitrogens with zero attached hydrogens (tertiary/aromatic N) is 3. The molecule has 3 heterocycles. The van der Waals surface area contributed by atoms with Crippen LogP contribution in [0.2, 0.25) is 5.02 Å². The maximum atomic E-state index is 6.22. The summed E-state index contributed by atoms with van der Waals surface area (Å²) in [5, 5.41) is 2.93. The third kappa shape index (κ3) is 4.13. The zero-order chi connectivity index (χ0) is 27.3. The zero-order valence-electron chi connectivity index (χ0n) is 21.7. The lowest BCUT2D eigenvalue weighted by atomic mass is 10.1. The smallest absolute Gasteiger partial charge is 0.142 e. The van der Waals surface area contributed by atoms with Gasteiger partial charge in [0.2, 0.25) is 0 Å². The van der Waals surface area contributed by atoms with Crippen LogP contribution in [0.5, 0.6) is 11.5 Å². The van der Waals surface area contributed by atoms with E-state index >= 15 is 0 Å². The molecule has 7 aromatic rings. The molecule has 2 aromatic heterocycles. The van der Waals surface area contributed by atoms with E-state index in [1.54, 1.807) is 11.8 Å². The van der Waals surface area contributed by atoms with E-state index in [2.05, 4.69) is 99.4 Å². The minimum absolute atomic E-state index is 0.666. The van der Waals surface area contributed by atoms with Crippen LogP contribution < -0.4 is 9.64 Å². The van der Waals surface area contributed by atoms with E-state index in [1.165, 1.54) is 0 Å². The molecule has 0 N–H and O–H groups in total. The fourth-order valence-corrected chi connectivity index (χ4v) is 6.68. The number of rotatable bonds is 4. The number of fused-ring (bicyclic) bond motifs is 5. The summed E-state index contributed by atoms with van der Waals surface area (Å²) >= 11 is 7.92. The van der Waals surface area contributed by atoms with Gasteiger partial charge < -0.3 is 14.2 Å². The van der Waals surface area contributed by atoms with E-state index in [1.807, 2.05) is 48.8 Å². The normalized spacial score (nSPS) is 12.1. The second-order valence-corrected chi connectivity index (χ2v) is 11.4. The highest BCUT2D eigenvalue weighted by atomic mass is 35.5. The van der Waals surface area contributed by atoms with Gasteiger partial charge in [-0.05, 0) is 78.9 Å². The number of ether oxygens (including phenoxy) is 1. The van der Waals surface area contributed by atoms with Gasteiger partial charge in [-0.25, -0.2) is 0 Å². The van der Waals surface area contributed by atoms with Gasteiger partial charge in [0, 0.05) is 57.0 Å². The van der Waals surface area contributed by atoms with Crippen molar-refractivity contribution >= 4 is 62.2 Å². The second kappa shape index (κ2) is 9.73.